The van der Waals surface area contributed by atoms with Crippen LogP contribution in [0.5, 0.6) is 0 Å². The van der Waals surface area contributed by atoms with E-state index in [1.165, 1.54) is 3.11 Å². The normalized spacial score (nSPS) is 26.3. The van der Waals surface area contributed by atoms with Gasteiger partial charge in [0.05, 0.1) is 29.4 Å². The number of halogens is 2. The number of nitrogens with zero attached hydrogens (tertiary/aromatic N) is 2. The first kappa shape index (κ1) is 9.45. The molecule has 2 rings (SSSR count). The monoisotopic (exact) mass is 300 g/mol. The van der Waals surface area contributed by atoms with Crippen LogP contribution in [0.1, 0.15) is 0 Å². The van der Waals surface area contributed by atoms with E-state index in [9.17, 15) is 9.18 Å². The van der Waals surface area contributed by atoms with Crippen molar-refractivity contribution in [2.24, 2.45) is 0 Å². The summed E-state index contributed by atoms with van der Waals surface area (Å²) in [6, 6.07) is 0. The van der Waals surface area contributed by atoms with Crippen LogP contribution < -0.4 is 0 Å². The fourth-order valence-corrected chi connectivity index (χ4v) is 2.52. The minimum atomic E-state index is -0.340. The highest BCUT2D eigenvalue weighted by Gasteiger charge is 2.52. The molecule has 0 radical (unpaired) electrons. The quantitative estimate of drug-likeness (QED) is 0.559. The van der Waals surface area contributed by atoms with Gasteiger partial charge in [0.15, 0.2) is 5.60 Å². The van der Waals surface area contributed by atoms with Crippen molar-refractivity contribution in [1.29, 1.82) is 0 Å². The molecular formula is C7H10FIN2O2. The smallest absolute Gasteiger partial charge is 0.419 e. The van der Waals surface area contributed by atoms with Crippen molar-refractivity contribution in [3.05, 3.63) is 0 Å². The Bertz CT molecular complexity index is 233. The highest BCUT2D eigenvalue weighted by atomic mass is 127. The minimum Gasteiger partial charge on any atom is -0.438 e. The standard InChI is InChI=1S/C7H10FIN2O2/c8-1-2-10-3-7(4-10)5-11(9)6(12)13-7/h1-5H2. The Morgan fingerprint density at radius 3 is 2.69 bits per heavy atom. The molecule has 2 aliphatic heterocycles. The van der Waals surface area contributed by atoms with Crippen molar-refractivity contribution >= 4 is 29.0 Å². The van der Waals surface area contributed by atoms with E-state index in [2.05, 4.69) is 0 Å². The van der Waals surface area contributed by atoms with Gasteiger partial charge in [-0.05, 0) is 0 Å². The molecule has 2 heterocycles. The summed E-state index contributed by atoms with van der Waals surface area (Å²) in [6.07, 6.45) is -0.277. The summed E-state index contributed by atoms with van der Waals surface area (Å²) in [5.74, 6) is 0. The van der Waals surface area contributed by atoms with Gasteiger partial charge in [0, 0.05) is 19.6 Å². The van der Waals surface area contributed by atoms with E-state index in [0.717, 1.165) is 0 Å². The third-order valence-corrected chi connectivity index (χ3v) is 3.09. The number of carbonyl (C=O) groups is 1. The fourth-order valence-electron chi connectivity index (χ4n) is 1.80. The zero-order valence-electron chi connectivity index (χ0n) is 7.00. The second-order valence-corrected chi connectivity index (χ2v) is 4.64. The van der Waals surface area contributed by atoms with Crippen LogP contribution in [0.25, 0.3) is 0 Å². The van der Waals surface area contributed by atoms with Crippen LogP contribution in [0.15, 0.2) is 0 Å². The van der Waals surface area contributed by atoms with Gasteiger partial charge in [-0.3, -0.25) is 4.90 Å². The Morgan fingerprint density at radius 2 is 2.23 bits per heavy atom. The van der Waals surface area contributed by atoms with Crippen LogP contribution in [-0.2, 0) is 4.74 Å². The van der Waals surface area contributed by atoms with Crippen molar-refractivity contribution in [3.63, 3.8) is 0 Å². The highest BCUT2D eigenvalue weighted by molar-refractivity contribution is 14.1. The molecule has 0 aromatic heterocycles. The van der Waals surface area contributed by atoms with Gasteiger partial charge in [-0.15, -0.1) is 0 Å². The maximum Gasteiger partial charge on any atom is 0.419 e. The van der Waals surface area contributed by atoms with Crippen molar-refractivity contribution in [2.75, 3.05) is 32.9 Å². The van der Waals surface area contributed by atoms with Crippen LogP contribution in [0.3, 0.4) is 0 Å². The second kappa shape index (κ2) is 3.23. The van der Waals surface area contributed by atoms with Crippen LogP contribution in [0.4, 0.5) is 9.18 Å². The molecule has 6 heteroatoms. The number of amides is 1. The summed E-state index contributed by atoms with van der Waals surface area (Å²) in [6.45, 7) is 2.07. The van der Waals surface area contributed by atoms with Gasteiger partial charge in [-0.2, -0.15) is 0 Å². The lowest BCUT2D eigenvalue weighted by Crippen LogP contribution is -2.63. The third-order valence-electron chi connectivity index (χ3n) is 2.35. The van der Waals surface area contributed by atoms with E-state index in [4.69, 9.17) is 4.74 Å². The van der Waals surface area contributed by atoms with Gasteiger partial charge in [0.2, 0.25) is 0 Å². The van der Waals surface area contributed by atoms with E-state index < -0.39 is 0 Å². The molecule has 2 saturated heterocycles. The van der Waals surface area contributed by atoms with E-state index in [-0.39, 0.29) is 18.4 Å². The van der Waals surface area contributed by atoms with Gasteiger partial charge in [0.1, 0.15) is 6.67 Å². The number of hydrogen-bond acceptors (Lipinski definition) is 3. The molecule has 0 saturated carbocycles. The Hall–Kier alpha value is -0.110. The van der Waals surface area contributed by atoms with E-state index in [0.29, 0.717) is 26.2 Å². The molecule has 74 valence electrons. The van der Waals surface area contributed by atoms with Crippen LogP contribution in [0.2, 0.25) is 0 Å². The third kappa shape index (κ3) is 1.61. The number of ether oxygens (including phenoxy) is 1. The molecule has 2 aliphatic rings. The van der Waals surface area contributed by atoms with E-state index >= 15 is 0 Å². The number of alkyl halides is 1. The van der Waals surface area contributed by atoms with Crippen LogP contribution >= 0.6 is 22.9 Å². The molecule has 4 nitrogen and oxygen atoms in total. The summed E-state index contributed by atoms with van der Waals surface area (Å²) in [4.78, 5) is 13.0. The van der Waals surface area contributed by atoms with E-state index in [1.54, 1.807) is 0 Å². The van der Waals surface area contributed by atoms with Crippen molar-refractivity contribution in [1.82, 2.24) is 8.01 Å². The minimum absolute atomic E-state index is 0.277. The fraction of sp³-hybridized carbons (Fsp3) is 0.857. The average Bonchev–Trinajstić information content (AvgIpc) is 2.27. The summed E-state index contributed by atoms with van der Waals surface area (Å²) in [5, 5.41) is 0. The topological polar surface area (TPSA) is 32.8 Å². The number of carbonyl (C=O) groups excluding carboxylic acids is 1. The predicted octanol–water partition coefficient (Wildman–Crippen LogP) is 0.813. The van der Waals surface area contributed by atoms with Crippen LogP contribution in [0, 0.1) is 0 Å². The lowest BCUT2D eigenvalue weighted by Gasteiger charge is -2.44. The first-order valence-electron chi connectivity index (χ1n) is 4.10. The maximum atomic E-state index is 11.9. The van der Waals surface area contributed by atoms with Gasteiger partial charge in [-0.25, -0.2) is 12.3 Å². The molecule has 1 spiro atoms. The van der Waals surface area contributed by atoms with Crippen molar-refractivity contribution in [3.8, 4) is 0 Å². The Balaban J connectivity index is 1.87. The van der Waals surface area contributed by atoms with Gasteiger partial charge < -0.3 is 4.74 Å². The molecule has 2 fully saturated rings. The second-order valence-electron chi connectivity index (χ2n) is 3.47. The largest absolute Gasteiger partial charge is 0.438 e. The number of hydrogen-bond donors (Lipinski definition) is 0. The molecule has 0 N–H and O–H groups in total. The number of rotatable bonds is 2. The lowest BCUT2D eigenvalue weighted by molar-refractivity contribution is -0.0741. The first-order valence-corrected chi connectivity index (χ1v) is 5.06. The van der Waals surface area contributed by atoms with Gasteiger partial charge in [0.25, 0.3) is 0 Å². The summed E-state index contributed by atoms with van der Waals surface area (Å²) >= 11 is 1.94. The average molecular weight is 300 g/mol. The molecule has 0 atom stereocenters. The molecule has 0 bridgehead atoms. The molecular weight excluding hydrogens is 290 g/mol. The lowest BCUT2D eigenvalue weighted by atomic mass is 9.95. The van der Waals surface area contributed by atoms with Crippen molar-refractivity contribution < 1.29 is 13.9 Å². The molecule has 13 heavy (non-hydrogen) atoms. The van der Waals surface area contributed by atoms with Gasteiger partial charge >= 0.3 is 6.09 Å². The summed E-state index contributed by atoms with van der Waals surface area (Å²) in [7, 11) is 0. The van der Waals surface area contributed by atoms with Gasteiger partial charge in [-0.1, -0.05) is 0 Å². The van der Waals surface area contributed by atoms with E-state index in [1.807, 2.05) is 27.8 Å². The molecule has 0 aromatic carbocycles. The van der Waals surface area contributed by atoms with Crippen molar-refractivity contribution in [2.45, 2.75) is 5.60 Å². The Morgan fingerprint density at radius 1 is 1.54 bits per heavy atom. The number of likely N-dealkylation sites (tertiary alicyclic amines) is 1. The Labute approximate surface area is 89.5 Å². The maximum absolute atomic E-state index is 11.9. The summed E-state index contributed by atoms with van der Waals surface area (Å²) < 4.78 is 18.7. The molecule has 0 aromatic rings. The SMILES string of the molecule is O=C1OC2(CN(CCF)C2)CN1I. The van der Waals surface area contributed by atoms with Crippen LogP contribution in [-0.4, -0.2) is 52.6 Å². The molecule has 0 aliphatic carbocycles. The zero-order chi connectivity index (χ0) is 9.47. The predicted molar refractivity (Wildman–Crippen MR) is 52.4 cm³/mol. The molecule has 0 unspecified atom stereocenters. The zero-order valence-corrected chi connectivity index (χ0v) is 9.16. The highest BCUT2D eigenvalue weighted by Crippen LogP contribution is 2.33. The molecule has 1 amide bonds. The summed E-state index contributed by atoms with van der Waals surface area (Å²) in [5.41, 5.74) is -0.340. The Kier molecular flexibility index (Phi) is 2.35. The first-order chi connectivity index (χ1) is 6.15.